The molecule has 3 heterocycles. The predicted molar refractivity (Wildman–Crippen MR) is 138 cm³/mol. The summed E-state index contributed by atoms with van der Waals surface area (Å²) >= 11 is 0. The third kappa shape index (κ3) is 6.40. The van der Waals surface area contributed by atoms with Crippen molar-refractivity contribution in [3.63, 3.8) is 0 Å². The van der Waals surface area contributed by atoms with Gasteiger partial charge in [0.1, 0.15) is 18.0 Å². The molecular weight excluding hydrogens is 472 g/mol. The summed E-state index contributed by atoms with van der Waals surface area (Å²) in [7, 11) is 1.69. The first-order valence-corrected chi connectivity index (χ1v) is 13.5. The van der Waals surface area contributed by atoms with E-state index >= 15 is 0 Å². The lowest BCUT2D eigenvalue weighted by molar-refractivity contribution is -0.133. The summed E-state index contributed by atoms with van der Waals surface area (Å²) in [6, 6.07) is 9.56. The van der Waals surface area contributed by atoms with E-state index in [0.717, 1.165) is 24.9 Å². The molecule has 1 unspecified atom stereocenters. The third-order valence-electron chi connectivity index (χ3n) is 7.61. The molecule has 0 bridgehead atoms. The first kappa shape index (κ1) is 27.3. The van der Waals surface area contributed by atoms with Crippen LogP contribution in [0.5, 0.6) is 0 Å². The highest BCUT2D eigenvalue weighted by Crippen LogP contribution is 2.40. The molecule has 2 atom stereocenters. The summed E-state index contributed by atoms with van der Waals surface area (Å²) < 4.78 is 18.0. The number of benzene rings is 1. The van der Waals surface area contributed by atoms with Crippen LogP contribution >= 0.6 is 0 Å². The topological polar surface area (TPSA) is 120 Å². The van der Waals surface area contributed by atoms with Gasteiger partial charge in [0.05, 0.1) is 19.3 Å². The van der Waals surface area contributed by atoms with E-state index in [2.05, 4.69) is 5.32 Å². The molecule has 3 fully saturated rings. The third-order valence-corrected chi connectivity index (χ3v) is 7.61. The quantitative estimate of drug-likeness (QED) is 0.581. The number of amides is 2. The fraction of sp³-hybridized carbons (Fsp3) is 0.607. The molecule has 0 radical (unpaired) electrons. The van der Waals surface area contributed by atoms with Crippen molar-refractivity contribution in [2.24, 2.45) is 11.7 Å². The molecular formula is C28H40N4O5. The van der Waals surface area contributed by atoms with E-state index in [-0.39, 0.29) is 23.9 Å². The smallest absolute Gasteiger partial charge is 0.243 e. The minimum absolute atomic E-state index is 0.0935. The molecule has 9 heteroatoms. The molecule has 5 rings (SSSR count). The lowest BCUT2D eigenvalue weighted by Crippen LogP contribution is -2.36. The van der Waals surface area contributed by atoms with E-state index in [1.54, 1.807) is 20.2 Å². The van der Waals surface area contributed by atoms with Crippen LogP contribution in [0.3, 0.4) is 0 Å². The van der Waals surface area contributed by atoms with Gasteiger partial charge in [-0.25, -0.2) is 4.98 Å². The van der Waals surface area contributed by atoms with E-state index < -0.39 is 5.79 Å². The average molecular weight is 513 g/mol. The van der Waals surface area contributed by atoms with Crippen molar-refractivity contribution in [1.29, 1.82) is 0 Å². The van der Waals surface area contributed by atoms with Crippen LogP contribution in [-0.2, 0) is 24.8 Å². The van der Waals surface area contributed by atoms with Crippen LogP contribution in [0.4, 0.5) is 0 Å². The molecule has 3 N–H and O–H groups in total. The summed E-state index contributed by atoms with van der Waals surface area (Å²) in [5.41, 5.74) is 6.37. The number of hydrogen-bond donors (Lipinski definition) is 2. The zero-order chi connectivity index (χ0) is 26.3. The van der Waals surface area contributed by atoms with Gasteiger partial charge in [-0.2, -0.15) is 0 Å². The van der Waals surface area contributed by atoms with Crippen molar-refractivity contribution < 1.29 is 23.5 Å². The zero-order valence-electron chi connectivity index (χ0n) is 22.0. The van der Waals surface area contributed by atoms with Gasteiger partial charge in [0.2, 0.25) is 23.5 Å². The van der Waals surface area contributed by atoms with E-state index in [0.29, 0.717) is 37.1 Å². The second-order valence-electron chi connectivity index (χ2n) is 10.1. The molecule has 1 aromatic carbocycles. The van der Waals surface area contributed by atoms with Gasteiger partial charge in [0.25, 0.3) is 0 Å². The Morgan fingerprint density at radius 3 is 2.43 bits per heavy atom. The fourth-order valence-corrected chi connectivity index (χ4v) is 5.34. The molecule has 1 saturated carbocycles. The summed E-state index contributed by atoms with van der Waals surface area (Å²) in [6.07, 6.45) is 10.3. The van der Waals surface area contributed by atoms with E-state index in [1.807, 2.05) is 35.2 Å². The summed E-state index contributed by atoms with van der Waals surface area (Å²) in [6.45, 7) is 3.51. The highest BCUT2D eigenvalue weighted by Gasteiger charge is 2.44. The number of oxazole rings is 1. The number of carbonyl (C=O) groups is 2. The molecule has 3 aliphatic rings. The molecule has 1 aliphatic carbocycles. The fourth-order valence-electron chi connectivity index (χ4n) is 5.34. The minimum Gasteiger partial charge on any atom is -0.446 e. The van der Waals surface area contributed by atoms with Gasteiger partial charge in [0, 0.05) is 18.5 Å². The Labute approximate surface area is 219 Å². The van der Waals surface area contributed by atoms with Crippen molar-refractivity contribution in [2.75, 3.05) is 26.8 Å². The lowest BCUT2D eigenvalue weighted by atomic mass is 9.86. The summed E-state index contributed by atoms with van der Waals surface area (Å²) in [5.74, 6) is 0.0272. The number of carbonyl (C=O) groups excluding carboxylic acids is 2. The van der Waals surface area contributed by atoms with Crippen LogP contribution in [0.25, 0.3) is 0 Å². The molecule has 37 heavy (non-hydrogen) atoms. The minimum atomic E-state index is -1.03. The average Bonchev–Trinajstić information content (AvgIpc) is 3.70. The van der Waals surface area contributed by atoms with Crippen molar-refractivity contribution in [1.82, 2.24) is 15.2 Å². The van der Waals surface area contributed by atoms with E-state index in [4.69, 9.17) is 24.6 Å². The number of rotatable bonds is 7. The SMILES string of the molecule is CNC(C)C(N)=O.O=C(CC1CCCCC1)N1CCC[C@H]1c1nc(C2(c3ccccc3)OCCO2)co1. The Hall–Kier alpha value is -2.75. The maximum Gasteiger partial charge on any atom is 0.243 e. The molecule has 202 valence electrons. The van der Waals surface area contributed by atoms with Gasteiger partial charge in [-0.15, -0.1) is 0 Å². The normalized spacial score (nSPS) is 22.3. The maximum absolute atomic E-state index is 13.1. The van der Waals surface area contributed by atoms with Gasteiger partial charge in [-0.3, -0.25) is 9.59 Å². The highest BCUT2D eigenvalue weighted by atomic mass is 16.7. The van der Waals surface area contributed by atoms with Gasteiger partial charge in [0.15, 0.2) is 0 Å². The molecule has 9 nitrogen and oxygen atoms in total. The monoisotopic (exact) mass is 512 g/mol. The Morgan fingerprint density at radius 1 is 1.11 bits per heavy atom. The molecule has 2 aromatic rings. The van der Waals surface area contributed by atoms with Gasteiger partial charge >= 0.3 is 0 Å². The standard InChI is InChI=1S/C24H30N2O4.C4H10N2O/c27-22(16-18-8-3-1-4-9-18)26-13-7-12-20(26)23-25-21(17-28-23)24(29-14-15-30-24)19-10-5-2-6-11-19;1-3(6-2)4(5)7/h2,5-6,10-11,17-18,20H,1,3-4,7-9,12-16H2;3,6H,1-2H3,(H2,5,7)/t20-;/m0./s1. The van der Waals surface area contributed by atoms with Gasteiger partial charge in [-0.1, -0.05) is 49.6 Å². The molecule has 2 saturated heterocycles. The predicted octanol–water partition coefficient (Wildman–Crippen LogP) is 3.64. The Bertz CT molecular complexity index is 1010. The number of nitrogens with zero attached hydrogens (tertiary/aromatic N) is 2. The van der Waals surface area contributed by atoms with Gasteiger partial charge < -0.3 is 29.8 Å². The Morgan fingerprint density at radius 2 is 1.81 bits per heavy atom. The van der Waals surface area contributed by atoms with Crippen LogP contribution in [0, 0.1) is 5.92 Å². The van der Waals surface area contributed by atoms with Crippen LogP contribution in [-0.4, -0.2) is 54.5 Å². The summed E-state index contributed by atoms with van der Waals surface area (Å²) in [5, 5.41) is 2.69. The second kappa shape index (κ2) is 12.7. The molecule has 0 spiro atoms. The van der Waals surface area contributed by atoms with E-state index in [1.165, 1.54) is 32.1 Å². The molecule has 2 amide bonds. The van der Waals surface area contributed by atoms with Crippen LogP contribution < -0.4 is 11.1 Å². The van der Waals surface area contributed by atoms with Crippen molar-refractivity contribution in [3.8, 4) is 0 Å². The number of ether oxygens (including phenoxy) is 2. The maximum atomic E-state index is 13.1. The number of nitrogens with one attached hydrogen (secondary N) is 1. The number of hydrogen-bond acceptors (Lipinski definition) is 7. The first-order valence-electron chi connectivity index (χ1n) is 13.5. The summed E-state index contributed by atoms with van der Waals surface area (Å²) in [4.78, 5) is 29.9. The van der Waals surface area contributed by atoms with Gasteiger partial charge in [-0.05, 0) is 45.6 Å². The van der Waals surface area contributed by atoms with Crippen LogP contribution in [0.1, 0.15) is 81.5 Å². The number of aromatic nitrogens is 1. The van der Waals surface area contributed by atoms with Crippen LogP contribution in [0.15, 0.2) is 41.0 Å². The number of likely N-dealkylation sites (tertiary alicyclic amines) is 1. The van der Waals surface area contributed by atoms with Crippen molar-refractivity contribution in [3.05, 3.63) is 53.7 Å². The van der Waals surface area contributed by atoms with E-state index in [9.17, 15) is 9.59 Å². The van der Waals surface area contributed by atoms with Crippen LogP contribution in [0.2, 0.25) is 0 Å². The van der Waals surface area contributed by atoms with Crippen molar-refractivity contribution >= 4 is 11.8 Å². The lowest BCUT2D eigenvalue weighted by Gasteiger charge is -2.27. The second-order valence-corrected chi connectivity index (χ2v) is 10.1. The Kier molecular flexibility index (Phi) is 9.34. The Balaban J connectivity index is 0.000000405. The number of likely N-dealkylation sites (N-methyl/N-ethyl adjacent to an activating group) is 1. The molecule has 1 aromatic heterocycles. The zero-order valence-corrected chi connectivity index (χ0v) is 22.0. The largest absolute Gasteiger partial charge is 0.446 e. The molecule has 2 aliphatic heterocycles. The number of primary amides is 1. The highest BCUT2D eigenvalue weighted by molar-refractivity contribution is 5.79. The number of nitrogens with two attached hydrogens (primary N) is 1. The van der Waals surface area contributed by atoms with Crippen molar-refractivity contribution in [2.45, 2.75) is 76.2 Å². The first-order chi connectivity index (χ1) is 17.9.